The third-order valence-electron chi connectivity index (χ3n) is 5.70. The van der Waals surface area contributed by atoms with Gasteiger partial charge in [0.2, 0.25) is 6.29 Å². The summed E-state index contributed by atoms with van der Waals surface area (Å²) >= 11 is 0. The number of aliphatic hydroxyl groups is 2. The largest absolute Gasteiger partial charge is 0.370 e. The number of ether oxygens (including phenoxy) is 3. The molecule has 0 spiro atoms. The smallest absolute Gasteiger partial charge is 0.323 e. The molecule has 0 saturated carbocycles. The highest BCUT2D eigenvalue weighted by atomic mass is 19.3. The molecule has 2 aromatic rings. The van der Waals surface area contributed by atoms with Gasteiger partial charge in [0, 0.05) is 5.92 Å². The van der Waals surface area contributed by atoms with Gasteiger partial charge in [0.05, 0.1) is 25.4 Å². The van der Waals surface area contributed by atoms with Gasteiger partial charge in [0.15, 0.2) is 0 Å². The third kappa shape index (κ3) is 5.67. The first-order chi connectivity index (χ1) is 14.8. The summed E-state index contributed by atoms with van der Waals surface area (Å²) in [7, 11) is 0. The SMILES string of the molecule is CC[C@H]1O[C@@H](C(F)(F)C(O)O)[C@H](C)[C@@H](OCc2ccccc2)[C@@H]1OCc1ccccc1. The highest BCUT2D eigenvalue weighted by molar-refractivity contribution is 5.14. The maximum absolute atomic E-state index is 14.6. The molecule has 0 bridgehead atoms. The molecule has 0 unspecified atom stereocenters. The van der Waals surface area contributed by atoms with Crippen molar-refractivity contribution in [1.82, 2.24) is 0 Å². The van der Waals surface area contributed by atoms with Crippen LogP contribution in [-0.2, 0) is 27.4 Å². The number of aliphatic hydroxyl groups excluding tert-OH is 1. The van der Waals surface area contributed by atoms with Crippen LogP contribution in [0.5, 0.6) is 0 Å². The molecule has 0 aliphatic carbocycles. The highest BCUT2D eigenvalue weighted by Gasteiger charge is 2.57. The van der Waals surface area contributed by atoms with Crippen molar-refractivity contribution in [2.45, 2.75) is 70.1 Å². The summed E-state index contributed by atoms with van der Waals surface area (Å²) in [6.07, 6.45) is -6.13. The fraction of sp³-hybridized carbons (Fsp3) is 0.500. The second kappa shape index (κ2) is 10.6. The fourth-order valence-corrected chi connectivity index (χ4v) is 3.97. The zero-order valence-electron chi connectivity index (χ0n) is 17.7. The minimum Gasteiger partial charge on any atom is -0.370 e. The number of hydrogen-bond donors (Lipinski definition) is 2. The van der Waals surface area contributed by atoms with Crippen LogP contribution in [0.4, 0.5) is 8.78 Å². The van der Waals surface area contributed by atoms with E-state index in [1.54, 1.807) is 6.92 Å². The minimum absolute atomic E-state index is 0.220. The predicted octanol–water partition coefficient (Wildman–Crippen LogP) is 3.92. The van der Waals surface area contributed by atoms with Crippen molar-refractivity contribution in [3.8, 4) is 0 Å². The van der Waals surface area contributed by atoms with Crippen LogP contribution in [0.2, 0.25) is 0 Å². The van der Waals surface area contributed by atoms with E-state index >= 15 is 0 Å². The van der Waals surface area contributed by atoms with Gasteiger partial charge >= 0.3 is 5.92 Å². The Hall–Kier alpha value is -1.90. The number of alkyl halides is 2. The molecule has 3 rings (SSSR count). The molecule has 5 nitrogen and oxygen atoms in total. The van der Waals surface area contributed by atoms with Crippen molar-refractivity contribution in [2.75, 3.05) is 0 Å². The normalized spacial score (nSPS) is 26.9. The molecule has 5 atom stereocenters. The third-order valence-corrected chi connectivity index (χ3v) is 5.70. The average Bonchev–Trinajstić information content (AvgIpc) is 2.78. The molecule has 170 valence electrons. The van der Waals surface area contributed by atoms with E-state index in [1.807, 2.05) is 67.6 Å². The summed E-state index contributed by atoms with van der Waals surface area (Å²) in [5.74, 6) is -4.69. The van der Waals surface area contributed by atoms with Gasteiger partial charge in [-0.15, -0.1) is 0 Å². The Morgan fingerprint density at radius 2 is 1.39 bits per heavy atom. The van der Waals surface area contributed by atoms with Gasteiger partial charge in [0.25, 0.3) is 0 Å². The fourth-order valence-electron chi connectivity index (χ4n) is 3.97. The summed E-state index contributed by atoms with van der Waals surface area (Å²) in [6.45, 7) is 3.89. The Labute approximate surface area is 181 Å². The Morgan fingerprint density at radius 3 is 1.84 bits per heavy atom. The summed E-state index contributed by atoms with van der Waals surface area (Å²) in [4.78, 5) is 0. The maximum atomic E-state index is 14.6. The standard InChI is InChI=1S/C24H30F2O5/c1-3-19-21(30-15-18-12-8-5-9-13-18)20(29-14-17-10-6-4-7-11-17)16(2)22(31-19)24(25,26)23(27)28/h4-13,16,19-23,27-28H,3,14-15H2,1-2H3/t16-,19-,20-,21-,22-/m1/s1. The van der Waals surface area contributed by atoms with Crippen LogP contribution in [-0.4, -0.2) is 46.8 Å². The molecule has 2 N–H and O–H groups in total. The molecule has 1 fully saturated rings. The highest BCUT2D eigenvalue weighted by Crippen LogP contribution is 2.40. The lowest BCUT2D eigenvalue weighted by Gasteiger charge is -2.47. The van der Waals surface area contributed by atoms with Crippen LogP contribution in [0, 0.1) is 5.92 Å². The van der Waals surface area contributed by atoms with Crippen molar-refractivity contribution < 1.29 is 33.2 Å². The van der Waals surface area contributed by atoms with E-state index in [4.69, 9.17) is 14.2 Å². The second-order valence-electron chi connectivity index (χ2n) is 7.93. The molecule has 0 radical (unpaired) electrons. The van der Waals surface area contributed by atoms with Crippen LogP contribution in [0.1, 0.15) is 31.4 Å². The van der Waals surface area contributed by atoms with Gasteiger partial charge in [0.1, 0.15) is 12.2 Å². The molecule has 1 aliphatic rings. The van der Waals surface area contributed by atoms with Gasteiger partial charge < -0.3 is 24.4 Å². The number of hydrogen-bond acceptors (Lipinski definition) is 5. The van der Waals surface area contributed by atoms with E-state index in [9.17, 15) is 19.0 Å². The topological polar surface area (TPSA) is 68.2 Å². The average molecular weight is 436 g/mol. The van der Waals surface area contributed by atoms with E-state index in [0.29, 0.717) is 6.42 Å². The van der Waals surface area contributed by atoms with Gasteiger partial charge in [-0.2, -0.15) is 8.78 Å². The lowest BCUT2D eigenvalue weighted by Crippen LogP contribution is -2.62. The number of rotatable bonds is 9. The Balaban J connectivity index is 1.83. The van der Waals surface area contributed by atoms with Crippen molar-refractivity contribution in [2.24, 2.45) is 5.92 Å². The molecule has 1 saturated heterocycles. The summed E-state index contributed by atoms with van der Waals surface area (Å²) in [6, 6.07) is 19.0. The molecule has 1 heterocycles. The monoisotopic (exact) mass is 436 g/mol. The van der Waals surface area contributed by atoms with Crippen molar-refractivity contribution in [1.29, 1.82) is 0 Å². The van der Waals surface area contributed by atoms with Gasteiger partial charge in [-0.3, -0.25) is 0 Å². The van der Waals surface area contributed by atoms with Crippen LogP contribution in [0.3, 0.4) is 0 Å². The Bertz CT molecular complexity index is 787. The zero-order valence-corrected chi connectivity index (χ0v) is 17.7. The van der Waals surface area contributed by atoms with Crippen LogP contribution in [0.25, 0.3) is 0 Å². The maximum Gasteiger partial charge on any atom is 0.323 e. The van der Waals surface area contributed by atoms with E-state index < -0.39 is 42.5 Å². The Kier molecular flexibility index (Phi) is 8.13. The lowest BCUT2D eigenvalue weighted by atomic mass is 9.84. The first kappa shape index (κ1) is 23.8. The lowest BCUT2D eigenvalue weighted by molar-refractivity contribution is -0.318. The van der Waals surface area contributed by atoms with Crippen molar-refractivity contribution in [3.63, 3.8) is 0 Å². The molecule has 0 aromatic heterocycles. The van der Waals surface area contributed by atoms with Gasteiger partial charge in [-0.1, -0.05) is 74.5 Å². The summed E-state index contributed by atoms with van der Waals surface area (Å²) in [5, 5.41) is 18.5. The predicted molar refractivity (Wildman–Crippen MR) is 111 cm³/mol. The van der Waals surface area contributed by atoms with Crippen LogP contribution >= 0.6 is 0 Å². The van der Waals surface area contributed by atoms with E-state index in [2.05, 4.69) is 0 Å². The number of benzene rings is 2. The van der Waals surface area contributed by atoms with Crippen LogP contribution in [0.15, 0.2) is 60.7 Å². The molecular weight excluding hydrogens is 406 g/mol. The summed E-state index contributed by atoms with van der Waals surface area (Å²) < 4.78 is 47.1. The molecule has 2 aromatic carbocycles. The quantitative estimate of drug-likeness (QED) is 0.584. The van der Waals surface area contributed by atoms with E-state index in [1.165, 1.54) is 0 Å². The summed E-state index contributed by atoms with van der Waals surface area (Å²) in [5.41, 5.74) is 1.85. The number of halogens is 2. The van der Waals surface area contributed by atoms with Gasteiger partial charge in [-0.05, 0) is 17.5 Å². The van der Waals surface area contributed by atoms with E-state index in [0.717, 1.165) is 11.1 Å². The zero-order chi connectivity index (χ0) is 22.4. The first-order valence-electron chi connectivity index (χ1n) is 10.5. The minimum atomic E-state index is -3.84. The van der Waals surface area contributed by atoms with E-state index in [-0.39, 0.29) is 13.2 Å². The van der Waals surface area contributed by atoms with Gasteiger partial charge in [-0.25, -0.2) is 0 Å². The molecule has 0 amide bonds. The molecule has 1 aliphatic heterocycles. The first-order valence-corrected chi connectivity index (χ1v) is 10.5. The Morgan fingerprint density at radius 1 is 0.903 bits per heavy atom. The second-order valence-corrected chi connectivity index (χ2v) is 7.93. The van der Waals surface area contributed by atoms with Crippen molar-refractivity contribution >= 4 is 0 Å². The molecular formula is C24H30F2O5. The molecule has 7 heteroatoms. The molecule has 31 heavy (non-hydrogen) atoms. The van der Waals surface area contributed by atoms with Crippen LogP contribution < -0.4 is 0 Å². The van der Waals surface area contributed by atoms with Crippen molar-refractivity contribution in [3.05, 3.63) is 71.8 Å².